The smallest absolute Gasteiger partial charge is 0.274 e. The predicted octanol–water partition coefficient (Wildman–Crippen LogP) is 5.89. The van der Waals surface area contributed by atoms with E-state index in [9.17, 15) is 4.79 Å². The number of aromatic nitrogens is 1. The second-order valence-corrected chi connectivity index (χ2v) is 7.80. The molecule has 31 heavy (non-hydrogen) atoms. The van der Waals surface area contributed by atoms with E-state index in [2.05, 4.69) is 31.4 Å². The van der Waals surface area contributed by atoms with E-state index in [1.807, 2.05) is 31.2 Å². The molecule has 2 aromatic carbocycles. The third kappa shape index (κ3) is 6.19. The Labute approximate surface area is 198 Å². The zero-order chi connectivity index (χ0) is 22.2. The van der Waals surface area contributed by atoms with Crippen LogP contribution in [0.5, 0.6) is 11.5 Å². The first kappa shape index (κ1) is 23.1. The van der Waals surface area contributed by atoms with Crippen molar-refractivity contribution in [2.24, 2.45) is 5.10 Å². The summed E-state index contributed by atoms with van der Waals surface area (Å²) in [7, 11) is 0. The second-order valence-electron chi connectivity index (χ2n) is 6.18. The van der Waals surface area contributed by atoms with E-state index in [-0.39, 0.29) is 17.3 Å². The number of halogens is 3. The Morgan fingerprint density at radius 1 is 1.19 bits per heavy atom. The summed E-state index contributed by atoms with van der Waals surface area (Å²) in [4.78, 5) is 16.1. The summed E-state index contributed by atoms with van der Waals surface area (Å²) in [6.45, 7) is 2.61. The van der Waals surface area contributed by atoms with E-state index < -0.39 is 5.91 Å². The van der Waals surface area contributed by atoms with Crippen LogP contribution in [-0.4, -0.2) is 23.7 Å². The third-order valence-electron chi connectivity index (χ3n) is 4.04. The minimum absolute atomic E-state index is 0.108. The van der Waals surface area contributed by atoms with Crippen LogP contribution in [0.4, 0.5) is 0 Å². The van der Waals surface area contributed by atoms with Crippen LogP contribution in [0, 0.1) is 0 Å². The number of hydrogen-bond acceptors (Lipinski definition) is 5. The fourth-order valence-electron chi connectivity index (χ4n) is 2.61. The van der Waals surface area contributed by atoms with Gasteiger partial charge in [0.05, 0.1) is 22.9 Å². The lowest BCUT2D eigenvalue weighted by Crippen LogP contribution is -2.18. The van der Waals surface area contributed by atoms with E-state index in [1.165, 1.54) is 12.4 Å². The molecule has 0 aliphatic carbocycles. The summed E-state index contributed by atoms with van der Waals surface area (Å²) in [6.07, 6.45) is 3.00. The SMILES string of the molecule is CCOc1cc(C=NNC(=O)c2cccnc2Cl)cc(Br)c1OCc1ccccc1Cl. The van der Waals surface area contributed by atoms with Gasteiger partial charge in [-0.15, -0.1) is 0 Å². The lowest BCUT2D eigenvalue weighted by molar-refractivity contribution is 0.0955. The number of amides is 1. The summed E-state index contributed by atoms with van der Waals surface area (Å²) in [5.74, 6) is 0.621. The van der Waals surface area contributed by atoms with Gasteiger partial charge in [0.15, 0.2) is 11.5 Å². The molecule has 0 atom stereocenters. The van der Waals surface area contributed by atoms with Crippen molar-refractivity contribution in [3.63, 3.8) is 0 Å². The molecule has 0 unspecified atom stereocenters. The van der Waals surface area contributed by atoms with E-state index in [0.717, 1.165) is 5.56 Å². The predicted molar refractivity (Wildman–Crippen MR) is 125 cm³/mol. The van der Waals surface area contributed by atoms with Crippen LogP contribution >= 0.6 is 39.1 Å². The summed E-state index contributed by atoms with van der Waals surface area (Å²) in [6, 6.07) is 14.2. The van der Waals surface area contributed by atoms with Crippen molar-refractivity contribution >= 4 is 51.3 Å². The second kappa shape index (κ2) is 11.1. The first-order chi connectivity index (χ1) is 15.0. The fraction of sp³-hybridized carbons (Fsp3) is 0.136. The van der Waals surface area contributed by atoms with Crippen molar-refractivity contribution in [1.82, 2.24) is 10.4 Å². The van der Waals surface area contributed by atoms with E-state index in [4.69, 9.17) is 32.7 Å². The van der Waals surface area contributed by atoms with Crippen LogP contribution in [0.1, 0.15) is 28.4 Å². The molecule has 0 bridgehead atoms. The molecule has 1 aromatic heterocycles. The molecule has 6 nitrogen and oxygen atoms in total. The molecule has 160 valence electrons. The summed E-state index contributed by atoms with van der Waals surface area (Å²) in [5, 5.41) is 4.73. The normalized spacial score (nSPS) is 10.8. The van der Waals surface area contributed by atoms with Crippen molar-refractivity contribution < 1.29 is 14.3 Å². The zero-order valence-corrected chi connectivity index (χ0v) is 19.5. The van der Waals surface area contributed by atoms with Gasteiger partial charge < -0.3 is 9.47 Å². The number of carbonyl (C=O) groups is 1. The van der Waals surface area contributed by atoms with Crippen LogP contribution in [0.2, 0.25) is 10.2 Å². The fourth-order valence-corrected chi connectivity index (χ4v) is 3.58. The Morgan fingerprint density at radius 3 is 2.74 bits per heavy atom. The molecular formula is C22H18BrCl2N3O3. The van der Waals surface area contributed by atoms with Crippen LogP contribution < -0.4 is 14.9 Å². The van der Waals surface area contributed by atoms with Gasteiger partial charge in [0.25, 0.3) is 5.91 Å². The van der Waals surface area contributed by atoms with E-state index >= 15 is 0 Å². The maximum atomic E-state index is 12.2. The molecule has 3 rings (SSSR count). The van der Waals surface area contributed by atoms with Gasteiger partial charge in [0, 0.05) is 16.8 Å². The zero-order valence-electron chi connectivity index (χ0n) is 16.4. The first-order valence-corrected chi connectivity index (χ1v) is 10.8. The van der Waals surface area contributed by atoms with Gasteiger partial charge in [-0.25, -0.2) is 10.4 Å². The van der Waals surface area contributed by atoms with Gasteiger partial charge >= 0.3 is 0 Å². The monoisotopic (exact) mass is 521 g/mol. The Kier molecular flexibility index (Phi) is 8.28. The average Bonchev–Trinajstić information content (AvgIpc) is 2.75. The number of ether oxygens (including phenoxy) is 2. The molecule has 0 radical (unpaired) electrons. The highest BCUT2D eigenvalue weighted by molar-refractivity contribution is 9.10. The number of hydrazone groups is 1. The Hall–Kier alpha value is -2.61. The molecule has 9 heteroatoms. The topological polar surface area (TPSA) is 72.8 Å². The van der Waals surface area contributed by atoms with Crippen molar-refractivity contribution in [2.75, 3.05) is 6.61 Å². The number of carbonyl (C=O) groups excluding carboxylic acids is 1. The maximum absolute atomic E-state index is 12.2. The molecule has 1 amide bonds. The molecule has 0 aliphatic rings. The van der Waals surface area contributed by atoms with Crippen molar-refractivity contribution in [2.45, 2.75) is 13.5 Å². The largest absolute Gasteiger partial charge is 0.490 e. The van der Waals surface area contributed by atoms with Crippen LogP contribution in [0.3, 0.4) is 0 Å². The van der Waals surface area contributed by atoms with Crippen molar-refractivity contribution in [3.8, 4) is 11.5 Å². The number of nitrogens with one attached hydrogen (secondary N) is 1. The van der Waals surface area contributed by atoms with Gasteiger partial charge in [-0.3, -0.25) is 4.79 Å². The average molecular weight is 523 g/mol. The lowest BCUT2D eigenvalue weighted by atomic mass is 10.2. The van der Waals surface area contributed by atoms with Gasteiger partial charge in [-0.2, -0.15) is 5.10 Å². The number of benzene rings is 2. The van der Waals surface area contributed by atoms with Crippen LogP contribution in [0.15, 0.2) is 64.3 Å². The Morgan fingerprint density at radius 2 is 2.00 bits per heavy atom. The molecule has 0 aliphatic heterocycles. The van der Waals surface area contributed by atoms with Crippen LogP contribution in [-0.2, 0) is 6.61 Å². The van der Waals surface area contributed by atoms with Gasteiger partial charge in [0.2, 0.25) is 0 Å². The minimum atomic E-state index is -0.460. The standard InChI is InChI=1S/C22H18BrCl2N3O3/c1-2-30-19-11-14(12-27-28-22(29)16-7-5-9-26-21(16)25)10-17(23)20(19)31-13-15-6-3-4-8-18(15)24/h3-12H,2,13H2,1H3,(H,28,29). The summed E-state index contributed by atoms with van der Waals surface area (Å²) in [5.41, 5.74) is 4.22. The highest BCUT2D eigenvalue weighted by Gasteiger charge is 2.13. The third-order valence-corrected chi connectivity index (χ3v) is 5.30. The van der Waals surface area contributed by atoms with Crippen LogP contribution in [0.25, 0.3) is 0 Å². The van der Waals surface area contributed by atoms with Gasteiger partial charge in [-0.05, 0) is 58.7 Å². The molecule has 0 saturated heterocycles. The maximum Gasteiger partial charge on any atom is 0.274 e. The van der Waals surface area contributed by atoms with E-state index in [0.29, 0.717) is 33.2 Å². The highest BCUT2D eigenvalue weighted by atomic mass is 79.9. The Bertz CT molecular complexity index is 1110. The molecule has 1 heterocycles. The molecule has 1 N–H and O–H groups in total. The minimum Gasteiger partial charge on any atom is -0.490 e. The van der Waals surface area contributed by atoms with Gasteiger partial charge in [0.1, 0.15) is 11.8 Å². The molecule has 0 saturated carbocycles. The number of hydrogen-bond donors (Lipinski definition) is 1. The molecule has 3 aromatic rings. The molecule has 0 spiro atoms. The Balaban J connectivity index is 1.74. The molecular weight excluding hydrogens is 505 g/mol. The number of nitrogens with zero attached hydrogens (tertiary/aromatic N) is 2. The number of pyridine rings is 1. The van der Waals surface area contributed by atoms with Gasteiger partial charge in [-0.1, -0.05) is 41.4 Å². The van der Waals surface area contributed by atoms with E-state index in [1.54, 1.807) is 24.3 Å². The lowest BCUT2D eigenvalue weighted by Gasteiger charge is -2.15. The van der Waals surface area contributed by atoms with Crippen molar-refractivity contribution in [1.29, 1.82) is 0 Å². The quantitative estimate of drug-likeness (QED) is 0.227. The summed E-state index contributed by atoms with van der Waals surface area (Å²) >= 11 is 15.6. The molecule has 0 fully saturated rings. The van der Waals surface area contributed by atoms with Crippen molar-refractivity contribution in [3.05, 3.63) is 86.1 Å². The number of rotatable bonds is 8. The summed E-state index contributed by atoms with van der Waals surface area (Å²) < 4.78 is 12.4. The highest BCUT2D eigenvalue weighted by Crippen LogP contribution is 2.37. The first-order valence-electron chi connectivity index (χ1n) is 9.26.